The normalized spacial score (nSPS) is 11.1. The van der Waals surface area contributed by atoms with E-state index in [1.807, 2.05) is 6.92 Å². The van der Waals surface area contributed by atoms with Crippen LogP contribution in [0.25, 0.3) is 0 Å². The van der Waals surface area contributed by atoms with Crippen LogP contribution >= 0.6 is 0 Å². The zero-order chi connectivity index (χ0) is 13.8. The van der Waals surface area contributed by atoms with Gasteiger partial charge in [-0.2, -0.15) is 0 Å². The van der Waals surface area contributed by atoms with Gasteiger partial charge in [0.15, 0.2) is 0 Å². The predicted octanol–water partition coefficient (Wildman–Crippen LogP) is 0.999. The molecule has 0 spiro atoms. The van der Waals surface area contributed by atoms with Crippen molar-refractivity contribution in [1.29, 1.82) is 0 Å². The molecule has 0 aliphatic heterocycles. The summed E-state index contributed by atoms with van der Waals surface area (Å²) < 4.78 is 0. The first kappa shape index (κ1) is 14.1. The Labute approximate surface area is 105 Å². The molecule has 0 aliphatic carbocycles. The van der Waals surface area contributed by atoms with Crippen molar-refractivity contribution in [1.82, 2.24) is 9.97 Å². The van der Waals surface area contributed by atoms with Crippen LogP contribution in [0.2, 0.25) is 0 Å². The first-order chi connectivity index (χ1) is 8.41. The molecule has 0 aliphatic rings. The lowest BCUT2D eigenvalue weighted by Crippen LogP contribution is -2.35. The SMILES string of the molecule is CCNc1ncnc(NC(C)(C)CO)c1[N+](=O)[O-]. The van der Waals surface area contributed by atoms with Gasteiger partial charge in [0, 0.05) is 6.54 Å². The molecule has 0 bridgehead atoms. The van der Waals surface area contributed by atoms with E-state index in [0.29, 0.717) is 6.54 Å². The maximum absolute atomic E-state index is 11.1. The van der Waals surface area contributed by atoms with Crippen molar-refractivity contribution in [3.63, 3.8) is 0 Å². The molecule has 0 amide bonds. The average molecular weight is 255 g/mol. The van der Waals surface area contributed by atoms with Gasteiger partial charge in [-0.3, -0.25) is 10.1 Å². The Balaban J connectivity index is 3.18. The summed E-state index contributed by atoms with van der Waals surface area (Å²) in [5.41, 5.74) is -0.927. The molecule has 0 aromatic carbocycles. The Bertz CT molecular complexity index is 436. The molecule has 1 aromatic rings. The maximum Gasteiger partial charge on any atom is 0.353 e. The minimum Gasteiger partial charge on any atom is -0.394 e. The van der Waals surface area contributed by atoms with Crippen LogP contribution in [0.3, 0.4) is 0 Å². The molecule has 100 valence electrons. The Kier molecular flexibility index (Phi) is 4.38. The Hall–Kier alpha value is -1.96. The molecule has 0 saturated heterocycles. The van der Waals surface area contributed by atoms with Crippen LogP contribution in [0, 0.1) is 10.1 Å². The van der Waals surface area contributed by atoms with E-state index in [4.69, 9.17) is 5.11 Å². The number of rotatable bonds is 6. The second-order valence-corrected chi connectivity index (χ2v) is 4.37. The first-order valence-corrected chi connectivity index (χ1v) is 5.53. The molecule has 0 radical (unpaired) electrons. The highest BCUT2D eigenvalue weighted by Crippen LogP contribution is 2.30. The Morgan fingerprint density at radius 2 is 2.06 bits per heavy atom. The number of aliphatic hydroxyl groups is 1. The number of hydrogen-bond acceptors (Lipinski definition) is 7. The van der Waals surface area contributed by atoms with Crippen molar-refractivity contribution in [3.05, 3.63) is 16.4 Å². The number of nitro groups is 1. The largest absolute Gasteiger partial charge is 0.394 e. The summed E-state index contributed by atoms with van der Waals surface area (Å²) in [6, 6.07) is 0. The summed E-state index contributed by atoms with van der Waals surface area (Å²) in [6.45, 7) is 5.58. The third-order valence-electron chi connectivity index (χ3n) is 2.20. The van der Waals surface area contributed by atoms with Gasteiger partial charge in [-0.1, -0.05) is 0 Å². The number of anilines is 2. The third-order valence-corrected chi connectivity index (χ3v) is 2.20. The first-order valence-electron chi connectivity index (χ1n) is 5.53. The minimum atomic E-state index is -0.706. The van der Waals surface area contributed by atoms with Crippen LogP contribution in [0.4, 0.5) is 17.3 Å². The van der Waals surface area contributed by atoms with E-state index in [0.717, 1.165) is 0 Å². The van der Waals surface area contributed by atoms with Crippen molar-refractivity contribution in [2.24, 2.45) is 0 Å². The number of nitrogens with zero attached hydrogens (tertiary/aromatic N) is 3. The average Bonchev–Trinajstić information content (AvgIpc) is 2.28. The van der Waals surface area contributed by atoms with Crippen LogP contribution in [0.15, 0.2) is 6.33 Å². The van der Waals surface area contributed by atoms with Crippen molar-refractivity contribution in [3.8, 4) is 0 Å². The van der Waals surface area contributed by atoms with Crippen molar-refractivity contribution < 1.29 is 10.0 Å². The van der Waals surface area contributed by atoms with Gasteiger partial charge >= 0.3 is 5.69 Å². The summed E-state index contributed by atoms with van der Waals surface area (Å²) >= 11 is 0. The van der Waals surface area contributed by atoms with Gasteiger partial charge in [0.2, 0.25) is 11.6 Å². The molecule has 0 fully saturated rings. The molecule has 1 aromatic heterocycles. The fourth-order valence-electron chi connectivity index (χ4n) is 1.30. The zero-order valence-electron chi connectivity index (χ0n) is 10.6. The van der Waals surface area contributed by atoms with Gasteiger partial charge in [0.05, 0.1) is 17.1 Å². The second-order valence-electron chi connectivity index (χ2n) is 4.37. The molecule has 0 unspecified atom stereocenters. The van der Waals surface area contributed by atoms with Crippen LogP contribution < -0.4 is 10.6 Å². The van der Waals surface area contributed by atoms with Gasteiger partial charge in [0.1, 0.15) is 6.33 Å². The van der Waals surface area contributed by atoms with E-state index in [9.17, 15) is 10.1 Å². The van der Waals surface area contributed by atoms with Crippen LogP contribution in [0.5, 0.6) is 0 Å². The van der Waals surface area contributed by atoms with E-state index < -0.39 is 10.5 Å². The summed E-state index contributed by atoms with van der Waals surface area (Å²) in [6.07, 6.45) is 1.24. The van der Waals surface area contributed by atoms with Gasteiger partial charge in [-0.25, -0.2) is 9.97 Å². The second kappa shape index (κ2) is 5.58. The smallest absolute Gasteiger partial charge is 0.353 e. The fourth-order valence-corrected chi connectivity index (χ4v) is 1.30. The van der Waals surface area contributed by atoms with Crippen molar-refractivity contribution in [2.75, 3.05) is 23.8 Å². The lowest BCUT2D eigenvalue weighted by atomic mass is 10.1. The highest BCUT2D eigenvalue weighted by Gasteiger charge is 2.27. The molecule has 1 rings (SSSR count). The topological polar surface area (TPSA) is 113 Å². The van der Waals surface area contributed by atoms with Crippen LogP contribution in [-0.4, -0.2) is 38.7 Å². The molecule has 8 heteroatoms. The summed E-state index contributed by atoms with van der Waals surface area (Å²) in [4.78, 5) is 18.2. The molecule has 1 heterocycles. The molecular weight excluding hydrogens is 238 g/mol. The van der Waals surface area contributed by atoms with Crippen molar-refractivity contribution in [2.45, 2.75) is 26.3 Å². The number of aromatic nitrogens is 2. The quantitative estimate of drug-likeness (QED) is 0.513. The monoisotopic (exact) mass is 255 g/mol. The number of nitrogens with one attached hydrogen (secondary N) is 2. The zero-order valence-corrected chi connectivity index (χ0v) is 10.6. The van der Waals surface area contributed by atoms with E-state index in [1.165, 1.54) is 6.33 Å². The number of aliphatic hydroxyl groups excluding tert-OH is 1. The molecule has 18 heavy (non-hydrogen) atoms. The minimum absolute atomic E-state index is 0.0880. The van der Waals surface area contributed by atoms with Gasteiger partial charge in [-0.15, -0.1) is 0 Å². The van der Waals surface area contributed by atoms with Crippen LogP contribution in [0.1, 0.15) is 20.8 Å². The summed E-state index contributed by atoms with van der Waals surface area (Å²) in [5, 5.41) is 25.9. The van der Waals surface area contributed by atoms with Gasteiger partial charge in [0.25, 0.3) is 0 Å². The maximum atomic E-state index is 11.1. The fraction of sp³-hybridized carbons (Fsp3) is 0.600. The highest BCUT2D eigenvalue weighted by atomic mass is 16.6. The summed E-state index contributed by atoms with van der Waals surface area (Å²) in [5.74, 6) is 0.249. The van der Waals surface area contributed by atoms with Gasteiger partial charge in [-0.05, 0) is 20.8 Å². The molecule has 0 saturated carbocycles. The Morgan fingerprint density at radius 1 is 1.44 bits per heavy atom. The van der Waals surface area contributed by atoms with E-state index >= 15 is 0 Å². The van der Waals surface area contributed by atoms with Crippen molar-refractivity contribution >= 4 is 17.3 Å². The molecular formula is C10H17N5O3. The lowest BCUT2D eigenvalue weighted by Gasteiger charge is -2.23. The van der Waals surface area contributed by atoms with Crippen LogP contribution in [-0.2, 0) is 0 Å². The standard InChI is InChI=1S/C10H17N5O3/c1-4-11-8-7(15(17)18)9(13-6-12-8)14-10(2,3)5-16/h6,16H,4-5H2,1-3H3,(H2,11,12,13,14). The number of hydrogen-bond donors (Lipinski definition) is 3. The molecule has 8 nitrogen and oxygen atoms in total. The summed E-state index contributed by atoms with van der Waals surface area (Å²) in [7, 11) is 0. The lowest BCUT2D eigenvalue weighted by molar-refractivity contribution is -0.383. The van der Waals surface area contributed by atoms with E-state index in [-0.39, 0.29) is 23.9 Å². The Morgan fingerprint density at radius 3 is 2.56 bits per heavy atom. The predicted molar refractivity (Wildman–Crippen MR) is 67.6 cm³/mol. The van der Waals surface area contributed by atoms with E-state index in [1.54, 1.807) is 13.8 Å². The van der Waals surface area contributed by atoms with Gasteiger partial charge < -0.3 is 15.7 Å². The third kappa shape index (κ3) is 3.27. The molecule has 0 atom stereocenters. The van der Waals surface area contributed by atoms with E-state index in [2.05, 4.69) is 20.6 Å². The highest BCUT2D eigenvalue weighted by molar-refractivity contribution is 5.69. The molecule has 3 N–H and O–H groups in total.